The van der Waals surface area contributed by atoms with Crippen molar-refractivity contribution >= 4 is 34.5 Å². The number of hydrogen-bond acceptors (Lipinski definition) is 3. The number of halogens is 1. The van der Waals surface area contributed by atoms with Crippen LogP contribution in [0.2, 0.25) is 5.02 Å². The summed E-state index contributed by atoms with van der Waals surface area (Å²) in [6.45, 7) is 1.79. The van der Waals surface area contributed by atoms with Crippen molar-refractivity contribution in [3.05, 3.63) is 53.1 Å². The topological polar surface area (TPSA) is 67.0 Å². The maximum Gasteiger partial charge on any atom is 0.264 e. The molecule has 0 fully saturated rings. The van der Waals surface area contributed by atoms with E-state index < -0.39 is 0 Å². The Labute approximate surface area is 132 Å². The largest absolute Gasteiger partial charge is 0.482 e. The SMILES string of the molecule is Cc1ccc(Cl)c(OCC(=O)Nc2nc3ccccc3[nH]2)c1. The van der Waals surface area contributed by atoms with Crippen molar-refractivity contribution in [1.29, 1.82) is 0 Å². The van der Waals surface area contributed by atoms with E-state index in [0.29, 0.717) is 16.7 Å². The van der Waals surface area contributed by atoms with Crippen molar-refractivity contribution in [3.8, 4) is 5.75 Å². The van der Waals surface area contributed by atoms with Crippen LogP contribution < -0.4 is 10.1 Å². The molecule has 3 aromatic rings. The van der Waals surface area contributed by atoms with E-state index in [2.05, 4.69) is 15.3 Å². The van der Waals surface area contributed by atoms with Crippen LogP contribution in [0.15, 0.2) is 42.5 Å². The summed E-state index contributed by atoms with van der Waals surface area (Å²) in [6.07, 6.45) is 0. The second-order valence-electron chi connectivity index (χ2n) is 4.87. The van der Waals surface area contributed by atoms with Crippen LogP contribution >= 0.6 is 11.6 Å². The number of benzene rings is 2. The Morgan fingerprint density at radius 1 is 1.32 bits per heavy atom. The van der Waals surface area contributed by atoms with E-state index in [9.17, 15) is 4.79 Å². The lowest BCUT2D eigenvalue weighted by molar-refractivity contribution is -0.118. The molecule has 0 unspecified atom stereocenters. The van der Waals surface area contributed by atoms with Crippen LogP contribution in [0, 0.1) is 6.92 Å². The van der Waals surface area contributed by atoms with Crippen LogP contribution in [0.3, 0.4) is 0 Å². The summed E-state index contributed by atoms with van der Waals surface area (Å²) < 4.78 is 5.44. The first-order valence-electron chi connectivity index (χ1n) is 6.75. The van der Waals surface area contributed by atoms with Crippen LogP contribution in [0.25, 0.3) is 11.0 Å². The first kappa shape index (κ1) is 14.4. The third-order valence-corrected chi connectivity index (χ3v) is 3.40. The van der Waals surface area contributed by atoms with Gasteiger partial charge >= 0.3 is 0 Å². The van der Waals surface area contributed by atoms with E-state index in [-0.39, 0.29) is 12.5 Å². The van der Waals surface area contributed by atoms with E-state index >= 15 is 0 Å². The summed E-state index contributed by atoms with van der Waals surface area (Å²) in [4.78, 5) is 19.2. The number of hydrogen-bond donors (Lipinski definition) is 2. The maximum atomic E-state index is 11.9. The Bertz CT molecular complexity index is 796. The van der Waals surface area contributed by atoms with Crippen LogP contribution in [0.5, 0.6) is 5.75 Å². The molecule has 0 bridgehead atoms. The third kappa shape index (κ3) is 3.20. The Hall–Kier alpha value is -2.53. The van der Waals surface area contributed by atoms with Crippen molar-refractivity contribution < 1.29 is 9.53 Å². The monoisotopic (exact) mass is 315 g/mol. The second-order valence-corrected chi connectivity index (χ2v) is 5.28. The molecule has 0 saturated heterocycles. The number of nitrogens with one attached hydrogen (secondary N) is 2. The zero-order valence-corrected chi connectivity index (χ0v) is 12.6. The number of fused-ring (bicyclic) bond motifs is 1. The number of carbonyl (C=O) groups is 1. The lowest BCUT2D eigenvalue weighted by Gasteiger charge is -2.08. The highest BCUT2D eigenvalue weighted by Crippen LogP contribution is 2.25. The van der Waals surface area contributed by atoms with Gasteiger partial charge in [0.15, 0.2) is 6.61 Å². The minimum Gasteiger partial charge on any atom is -0.482 e. The Kier molecular flexibility index (Phi) is 3.98. The van der Waals surface area contributed by atoms with Gasteiger partial charge in [-0.2, -0.15) is 0 Å². The fourth-order valence-electron chi connectivity index (χ4n) is 2.04. The number of H-pyrrole nitrogens is 1. The molecule has 112 valence electrons. The Morgan fingerprint density at radius 2 is 2.14 bits per heavy atom. The molecule has 2 N–H and O–H groups in total. The smallest absolute Gasteiger partial charge is 0.264 e. The first-order chi connectivity index (χ1) is 10.6. The Morgan fingerprint density at radius 3 is 2.95 bits per heavy atom. The predicted molar refractivity (Wildman–Crippen MR) is 86.4 cm³/mol. The predicted octanol–water partition coefficient (Wildman–Crippen LogP) is 3.54. The fraction of sp³-hybridized carbons (Fsp3) is 0.125. The average Bonchev–Trinajstić information content (AvgIpc) is 2.90. The van der Waals surface area contributed by atoms with Gasteiger partial charge in [-0.3, -0.25) is 10.1 Å². The number of imidazole rings is 1. The highest BCUT2D eigenvalue weighted by atomic mass is 35.5. The van der Waals surface area contributed by atoms with Gasteiger partial charge in [0.1, 0.15) is 5.75 Å². The molecule has 1 heterocycles. The maximum absolute atomic E-state index is 11.9. The van der Waals surface area contributed by atoms with Gasteiger partial charge in [-0.05, 0) is 36.8 Å². The quantitative estimate of drug-likeness (QED) is 0.774. The molecule has 0 saturated carbocycles. The van der Waals surface area contributed by atoms with E-state index in [0.717, 1.165) is 16.6 Å². The summed E-state index contributed by atoms with van der Waals surface area (Å²) in [5.74, 6) is 0.572. The molecule has 1 amide bonds. The van der Waals surface area contributed by atoms with Gasteiger partial charge in [0.2, 0.25) is 5.95 Å². The number of nitrogens with zero attached hydrogens (tertiary/aromatic N) is 1. The third-order valence-electron chi connectivity index (χ3n) is 3.09. The van der Waals surface area contributed by atoms with E-state index in [4.69, 9.17) is 16.3 Å². The summed E-state index contributed by atoms with van der Waals surface area (Å²) in [5, 5.41) is 3.14. The van der Waals surface area contributed by atoms with Crippen molar-refractivity contribution in [3.63, 3.8) is 0 Å². The van der Waals surface area contributed by atoms with Gasteiger partial charge in [-0.1, -0.05) is 29.8 Å². The standard InChI is InChI=1S/C16H14ClN3O2/c1-10-6-7-11(17)14(8-10)22-9-15(21)20-16-18-12-4-2-3-5-13(12)19-16/h2-8H,9H2,1H3,(H2,18,19,20,21). The van der Waals surface area contributed by atoms with E-state index in [1.54, 1.807) is 12.1 Å². The average molecular weight is 316 g/mol. The summed E-state index contributed by atoms with van der Waals surface area (Å²) >= 11 is 6.02. The molecule has 0 atom stereocenters. The zero-order chi connectivity index (χ0) is 15.5. The van der Waals surface area contributed by atoms with Crippen molar-refractivity contribution in [2.24, 2.45) is 0 Å². The molecule has 0 radical (unpaired) electrons. The van der Waals surface area contributed by atoms with E-state index in [1.807, 2.05) is 37.3 Å². The van der Waals surface area contributed by atoms with Gasteiger partial charge in [-0.15, -0.1) is 0 Å². The number of para-hydroxylation sites is 2. The van der Waals surface area contributed by atoms with E-state index in [1.165, 1.54) is 0 Å². The second kappa shape index (κ2) is 6.07. The van der Waals surface area contributed by atoms with Gasteiger partial charge in [0, 0.05) is 0 Å². The van der Waals surface area contributed by atoms with Crippen molar-refractivity contribution in [1.82, 2.24) is 9.97 Å². The molecule has 5 nitrogen and oxygen atoms in total. The molecule has 0 aliphatic rings. The molecule has 6 heteroatoms. The van der Waals surface area contributed by atoms with Gasteiger partial charge < -0.3 is 9.72 Å². The minimum atomic E-state index is -0.309. The number of aromatic nitrogens is 2. The minimum absolute atomic E-state index is 0.139. The summed E-state index contributed by atoms with van der Waals surface area (Å²) in [6, 6.07) is 12.9. The normalized spacial score (nSPS) is 10.6. The van der Waals surface area contributed by atoms with Crippen molar-refractivity contribution in [2.45, 2.75) is 6.92 Å². The number of carbonyl (C=O) groups excluding carboxylic acids is 1. The molecule has 2 aromatic carbocycles. The van der Waals surface area contributed by atoms with Crippen molar-refractivity contribution in [2.75, 3.05) is 11.9 Å². The van der Waals surface area contributed by atoms with Crippen LogP contribution in [0.4, 0.5) is 5.95 Å². The molecule has 22 heavy (non-hydrogen) atoms. The molecule has 1 aromatic heterocycles. The number of aryl methyl sites for hydroxylation is 1. The molecule has 3 rings (SSSR count). The fourth-order valence-corrected chi connectivity index (χ4v) is 2.22. The van der Waals surface area contributed by atoms with Gasteiger partial charge in [-0.25, -0.2) is 4.98 Å². The molecular formula is C16H14ClN3O2. The highest BCUT2D eigenvalue weighted by Gasteiger charge is 2.09. The number of ether oxygens (including phenoxy) is 1. The van der Waals surface area contributed by atoms with Crippen LogP contribution in [0.1, 0.15) is 5.56 Å². The Balaban J connectivity index is 1.63. The molecule has 0 aliphatic carbocycles. The first-order valence-corrected chi connectivity index (χ1v) is 7.13. The lowest BCUT2D eigenvalue weighted by atomic mass is 10.2. The van der Waals surface area contributed by atoms with Crippen LogP contribution in [-0.4, -0.2) is 22.5 Å². The number of aromatic amines is 1. The molecule has 0 spiro atoms. The number of rotatable bonds is 4. The zero-order valence-electron chi connectivity index (χ0n) is 11.9. The highest BCUT2D eigenvalue weighted by molar-refractivity contribution is 6.32. The molecular weight excluding hydrogens is 302 g/mol. The van der Waals surface area contributed by atoms with Crippen LogP contribution in [-0.2, 0) is 4.79 Å². The summed E-state index contributed by atoms with van der Waals surface area (Å²) in [5.41, 5.74) is 2.66. The number of anilines is 1. The summed E-state index contributed by atoms with van der Waals surface area (Å²) in [7, 11) is 0. The lowest BCUT2D eigenvalue weighted by Crippen LogP contribution is -2.20. The van der Waals surface area contributed by atoms with Gasteiger partial charge in [0.05, 0.1) is 16.1 Å². The molecule has 0 aliphatic heterocycles. The van der Waals surface area contributed by atoms with Gasteiger partial charge in [0.25, 0.3) is 5.91 Å². The number of amides is 1.